The normalized spacial score (nSPS) is 12.5. The molecule has 1 rings (SSSR count). The van der Waals surface area contributed by atoms with Crippen molar-refractivity contribution in [3.8, 4) is 0 Å². The molecule has 114 valence electrons. The average Bonchev–Trinajstić information content (AvgIpc) is 2.36. The summed E-state index contributed by atoms with van der Waals surface area (Å²) >= 11 is 0. The van der Waals surface area contributed by atoms with E-state index in [0.717, 1.165) is 6.26 Å². The van der Waals surface area contributed by atoms with Crippen LogP contribution in [0, 0.1) is 6.92 Å². The zero-order chi connectivity index (χ0) is 16.2. The Labute approximate surface area is 123 Å². The van der Waals surface area contributed by atoms with Gasteiger partial charge in [-0.05, 0) is 31.0 Å². The van der Waals surface area contributed by atoms with Gasteiger partial charge in [0, 0.05) is 11.8 Å². The number of benzene rings is 1. The summed E-state index contributed by atoms with van der Waals surface area (Å²) < 4.78 is 23.0. The second-order valence-corrected chi connectivity index (χ2v) is 6.65. The molecule has 0 saturated carbocycles. The molecule has 0 saturated heterocycles. The molecule has 0 aliphatic heterocycles. The molecule has 0 spiro atoms. The van der Waals surface area contributed by atoms with Gasteiger partial charge in [-0.15, -0.1) is 6.58 Å². The molecular formula is C14H17NO5S. The maximum atomic E-state index is 12.1. The summed E-state index contributed by atoms with van der Waals surface area (Å²) in [6.07, 6.45) is 2.50. The molecule has 1 atom stereocenters. The monoisotopic (exact) mass is 311 g/mol. The zero-order valence-corrected chi connectivity index (χ0v) is 12.6. The van der Waals surface area contributed by atoms with E-state index in [1.54, 1.807) is 6.92 Å². The molecule has 7 heteroatoms. The number of amides is 1. The number of carbonyl (C=O) groups excluding carboxylic acids is 1. The largest absolute Gasteiger partial charge is 0.480 e. The fourth-order valence-electron chi connectivity index (χ4n) is 1.70. The van der Waals surface area contributed by atoms with Crippen LogP contribution in [0.2, 0.25) is 0 Å². The molecule has 0 aliphatic carbocycles. The Kier molecular flexibility index (Phi) is 5.26. The van der Waals surface area contributed by atoms with Crippen molar-refractivity contribution in [1.29, 1.82) is 0 Å². The minimum atomic E-state index is -3.44. The van der Waals surface area contributed by atoms with Gasteiger partial charge in [0.2, 0.25) is 0 Å². The van der Waals surface area contributed by atoms with Crippen LogP contribution in [0.5, 0.6) is 0 Å². The highest BCUT2D eigenvalue weighted by Gasteiger charge is 2.21. The highest BCUT2D eigenvalue weighted by Crippen LogP contribution is 2.16. The highest BCUT2D eigenvalue weighted by atomic mass is 32.2. The Morgan fingerprint density at radius 3 is 2.52 bits per heavy atom. The van der Waals surface area contributed by atoms with Crippen LogP contribution in [0.1, 0.15) is 22.3 Å². The number of rotatable bonds is 6. The van der Waals surface area contributed by atoms with Gasteiger partial charge < -0.3 is 10.4 Å². The molecule has 0 heterocycles. The SMILES string of the molecule is C=CCC(NC(=O)c1cc(S(C)(=O)=O)ccc1C)C(=O)O. The van der Waals surface area contributed by atoms with E-state index in [4.69, 9.17) is 5.11 Å². The molecule has 0 radical (unpaired) electrons. The number of carbonyl (C=O) groups is 2. The van der Waals surface area contributed by atoms with Crippen molar-refractivity contribution in [2.75, 3.05) is 6.26 Å². The lowest BCUT2D eigenvalue weighted by Gasteiger charge is -2.14. The number of carboxylic acids is 1. The third-order valence-corrected chi connectivity index (χ3v) is 4.00. The number of sulfone groups is 1. The maximum Gasteiger partial charge on any atom is 0.326 e. The lowest BCUT2D eigenvalue weighted by molar-refractivity contribution is -0.139. The second kappa shape index (κ2) is 6.53. The topological polar surface area (TPSA) is 101 Å². The molecule has 1 unspecified atom stereocenters. The summed E-state index contributed by atoms with van der Waals surface area (Å²) in [4.78, 5) is 23.1. The third-order valence-electron chi connectivity index (χ3n) is 2.89. The summed E-state index contributed by atoms with van der Waals surface area (Å²) in [7, 11) is -3.44. The standard InChI is InChI=1S/C14H17NO5S/c1-4-5-12(14(17)18)15-13(16)11-8-10(21(3,19)20)7-6-9(11)2/h4,6-8,12H,1,5H2,2-3H3,(H,15,16)(H,17,18). The van der Waals surface area contributed by atoms with E-state index in [9.17, 15) is 18.0 Å². The van der Waals surface area contributed by atoms with Crippen LogP contribution in [0.25, 0.3) is 0 Å². The maximum absolute atomic E-state index is 12.1. The van der Waals surface area contributed by atoms with Crippen molar-refractivity contribution in [2.45, 2.75) is 24.3 Å². The molecule has 1 aromatic rings. The Balaban J connectivity index is 3.12. The molecule has 21 heavy (non-hydrogen) atoms. The third kappa shape index (κ3) is 4.42. The first kappa shape index (κ1) is 16.9. The van der Waals surface area contributed by atoms with Crippen molar-refractivity contribution < 1.29 is 23.1 Å². The summed E-state index contributed by atoms with van der Waals surface area (Å²) in [5.41, 5.74) is 0.691. The van der Waals surface area contributed by atoms with Crippen LogP contribution in [0.4, 0.5) is 0 Å². The summed E-state index contributed by atoms with van der Waals surface area (Å²) in [6.45, 7) is 5.08. The quantitative estimate of drug-likeness (QED) is 0.768. The molecule has 6 nitrogen and oxygen atoms in total. The van der Waals surface area contributed by atoms with Gasteiger partial charge in [0.15, 0.2) is 9.84 Å². The van der Waals surface area contributed by atoms with E-state index < -0.39 is 27.8 Å². The molecule has 1 aromatic carbocycles. The molecule has 0 fully saturated rings. The smallest absolute Gasteiger partial charge is 0.326 e. The molecule has 2 N–H and O–H groups in total. The van der Waals surface area contributed by atoms with Gasteiger partial charge in [-0.3, -0.25) is 4.79 Å². The van der Waals surface area contributed by atoms with Crippen molar-refractivity contribution in [3.63, 3.8) is 0 Å². The Morgan fingerprint density at radius 1 is 1.43 bits per heavy atom. The molecular weight excluding hydrogens is 294 g/mol. The van der Waals surface area contributed by atoms with Gasteiger partial charge >= 0.3 is 5.97 Å². The van der Waals surface area contributed by atoms with Gasteiger partial charge in [0.1, 0.15) is 6.04 Å². The van der Waals surface area contributed by atoms with Crippen LogP contribution in [-0.4, -0.2) is 37.7 Å². The van der Waals surface area contributed by atoms with Crippen molar-refractivity contribution >= 4 is 21.7 Å². The van der Waals surface area contributed by atoms with E-state index in [-0.39, 0.29) is 16.9 Å². The number of aliphatic carboxylic acids is 1. The fraction of sp³-hybridized carbons (Fsp3) is 0.286. The molecule has 0 aliphatic rings. The van der Waals surface area contributed by atoms with E-state index in [1.165, 1.54) is 24.3 Å². The van der Waals surface area contributed by atoms with Crippen LogP contribution in [-0.2, 0) is 14.6 Å². The van der Waals surface area contributed by atoms with Crippen LogP contribution >= 0.6 is 0 Å². The van der Waals surface area contributed by atoms with Crippen LogP contribution < -0.4 is 5.32 Å². The molecule has 0 bridgehead atoms. The predicted octanol–water partition coefficient (Wildman–Crippen LogP) is 1.16. The first-order chi connectivity index (χ1) is 9.66. The van der Waals surface area contributed by atoms with Crippen LogP contribution in [0.15, 0.2) is 35.7 Å². The fourth-order valence-corrected chi connectivity index (χ4v) is 2.35. The summed E-state index contributed by atoms with van der Waals surface area (Å²) in [5, 5.41) is 11.3. The molecule has 0 aromatic heterocycles. The van der Waals surface area contributed by atoms with E-state index in [0.29, 0.717) is 5.56 Å². The van der Waals surface area contributed by atoms with E-state index in [1.807, 2.05) is 0 Å². The first-order valence-corrected chi connectivity index (χ1v) is 8.01. The number of aryl methyl sites for hydroxylation is 1. The predicted molar refractivity (Wildman–Crippen MR) is 78.0 cm³/mol. The number of hydrogen-bond acceptors (Lipinski definition) is 4. The van der Waals surface area contributed by atoms with Gasteiger partial charge in [-0.2, -0.15) is 0 Å². The van der Waals surface area contributed by atoms with E-state index >= 15 is 0 Å². The van der Waals surface area contributed by atoms with Gasteiger partial charge in [0.25, 0.3) is 5.91 Å². The minimum absolute atomic E-state index is 0.00819. The first-order valence-electron chi connectivity index (χ1n) is 6.12. The van der Waals surface area contributed by atoms with Gasteiger partial charge in [-0.25, -0.2) is 13.2 Å². The van der Waals surface area contributed by atoms with Crippen molar-refractivity contribution in [1.82, 2.24) is 5.32 Å². The van der Waals surface area contributed by atoms with Crippen LogP contribution in [0.3, 0.4) is 0 Å². The van der Waals surface area contributed by atoms with E-state index in [2.05, 4.69) is 11.9 Å². The van der Waals surface area contributed by atoms with Gasteiger partial charge in [-0.1, -0.05) is 12.1 Å². The second-order valence-electron chi connectivity index (χ2n) is 4.64. The Bertz CT molecular complexity index is 679. The van der Waals surface area contributed by atoms with Gasteiger partial charge in [0.05, 0.1) is 4.90 Å². The average molecular weight is 311 g/mol. The Hall–Kier alpha value is -2.15. The number of nitrogens with one attached hydrogen (secondary N) is 1. The lowest BCUT2D eigenvalue weighted by atomic mass is 10.1. The minimum Gasteiger partial charge on any atom is -0.480 e. The zero-order valence-electron chi connectivity index (χ0n) is 11.8. The highest BCUT2D eigenvalue weighted by molar-refractivity contribution is 7.90. The number of hydrogen-bond donors (Lipinski definition) is 2. The summed E-state index contributed by atoms with van der Waals surface area (Å²) in [6, 6.07) is 3.05. The van der Waals surface area contributed by atoms with Crippen molar-refractivity contribution in [3.05, 3.63) is 42.0 Å². The summed E-state index contributed by atoms with van der Waals surface area (Å²) in [5.74, 6) is -1.81. The van der Waals surface area contributed by atoms with Crippen molar-refractivity contribution in [2.24, 2.45) is 0 Å². The lowest BCUT2D eigenvalue weighted by Crippen LogP contribution is -2.40. The Morgan fingerprint density at radius 2 is 2.05 bits per heavy atom. The number of carboxylic acid groups (broad SMARTS) is 1. The molecule has 1 amide bonds.